The maximum absolute atomic E-state index is 11.9. The molecule has 1 unspecified atom stereocenters. The average molecular weight is 299 g/mol. The number of Topliss-reactive ketones (excluding diaryl/α,β-unsaturated/α-hetero) is 1. The van der Waals surface area contributed by atoms with Crippen molar-refractivity contribution in [2.45, 2.75) is 36.4 Å². The fourth-order valence-corrected chi connectivity index (χ4v) is 3.44. The molecule has 0 aliphatic carbocycles. The molecule has 0 radical (unpaired) electrons. The van der Waals surface area contributed by atoms with Crippen molar-refractivity contribution in [1.29, 1.82) is 0 Å². The zero-order chi connectivity index (χ0) is 11.7. The van der Waals surface area contributed by atoms with Gasteiger partial charge in [0.05, 0.1) is 4.83 Å². The van der Waals surface area contributed by atoms with Crippen molar-refractivity contribution in [2.75, 3.05) is 5.75 Å². The summed E-state index contributed by atoms with van der Waals surface area (Å²) < 4.78 is 0. The van der Waals surface area contributed by atoms with Gasteiger partial charge in [-0.3, -0.25) is 4.79 Å². The topological polar surface area (TPSA) is 17.1 Å². The third-order valence-corrected chi connectivity index (χ3v) is 4.62. The Morgan fingerprint density at radius 2 is 2.25 bits per heavy atom. The summed E-state index contributed by atoms with van der Waals surface area (Å²) in [5.41, 5.74) is 3.45. The molecule has 0 bridgehead atoms. The lowest BCUT2D eigenvalue weighted by Gasteiger charge is -2.18. The summed E-state index contributed by atoms with van der Waals surface area (Å²) in [4.78, 5) is 13.2. The number of carbonyl (C=O) groups excluding carboxylic acids is 1. The Balaban J connectivity index is 2.43. The van der Waals surface area contributed by atoms with Gasteiger partial charge in [-0.2, -0.15) is 0 Å². The van der Waals surface area contributed by atoms with Crippen LogP contribution in [0.1, 0.15) is 34.8 Å². The van der Waals surface area contributed by atoms with Crippen molar-refractivity contribution in [3.05, 3.63) is 28.8 Å². The minimum Gasteiger partial charge on any atom is -0.293 e. The third kappa shape index (κ3) is 2.35. The van der Waals surface area contributed by atoms with E-state index in [0.717, 1.165) is 12.0 Å². The first-order chi connectivity index (χ1) is 7.59. The number of halogens is 1. The van der Waals surface area contributed by atoms with Crippen LogP contribution in [-0.2, 0) is 6.42 Å². The molecular formula is C13H15BrOS. The number of thioether (sulfide) groups is 1. The molecule has 0 fully saturated rings. The summed E-state index contributed by atoms with van der Waals surface area (Å²) in [7, 11) is 0. The monoisotopic (exact) mass is 298 g/mol. The molecule has 0 aromatic heterocycles. The second-order valence-corrected chi connectivity index (χ2v) is 6.69. The Morgan fingerprint density at radius 1 is 1.50 bits per heavy atom. The largest absolute Gasteiger partial charge is 0.293 e. The van der Waals surface area contributed by atoms with Crippen molar-refractivity contribution in [1.82, 2.24) is 0 Å². The van der Waals surface area contributed by atoms with Crippen LogP contribution in [0.15, 0.2) is 17.0 Å². The molecule has 0 spiro atoms. The van der Waals surface area contributed by atoms with Gasteiger partial charge in [-0.25, -0.2) is 0 Å². The average Bonchev–Trinajstić information content (AvgIpc) is 2.28. The number of ketones is 1. The van der Waals surface area contributed by atoms with E-state index in [-0.39, 0.29) is 10.6 Å². The first kappa shape index (κ1) is 12.2. The molecular weight excluding hydrogens is 284 g/mol. The normalized spacial score (nSPS) is 16.7. The molecule has 1 aromatic carbocycles. The molecule has 0 saturated heterocycles. The van der Waals surface area contributed by atoms with Crippen molar-refractivity contribution < 1.29 is 4.79 Å². The van der Waals surface area contributed by atoms with E-state index >= 15 is 0 Å². The minimum absolute atomic E-state index is 0.0961. The summed E-state index contributed by atoms with van der Waals surface area (Å²) in [6.45, 7) is 3.98. The molecule has 1 aliphatic rings. The highest BCUT2D eigenvalue weighted by Crippen LogP contribution is 2.34. The standard InChI is InChI=1S/C13H15BrOS/c1-8-6-11(12(15)9(2)14)7-10-4-3-5-16-13(8)10/h6-7,9H,3-5H2,1-2H3. The number of benzene rings is 1. The Hall–Kier alpha value is -0.280. The molecule has 1 aliphatic heterocycles. The van der Waals surface area contributed by atoms with Gasteiger partial charge >= 0.3 is 0 Å². The summed E-state index contributed by atoms with van der Waals surface area (Å²) in [5, 5.41) is 0. The van der Waals surface area contributed by atoms with Crippen LogP contribution in [0.2, 0.25) is 0 Å². The van der Waals surface area contributed by atoms with Crippen molar-refractivity contribution >= 4 is 33.5 Å². The van der Waals surface area contributed by atoms with Crippen molar-refractivity contribution in [3.63, 3.8) is 0 Å². The molecule has 1 aromatic rings. The fraction of sp³-hybridized carbons (Fsp3) is 0.462. The summed E-state index contributed by atoms with van der Waals surface area (Å²) in [6, 6.07) is 4.10. The van der Waals surface area contributed by atoms with Gasteiger partial charge in [-0.05, 0) is 55.7 Å². The Labute approximate surface area is 109 Å². The van der Waals surface area contributed by atoms with Crippen LogP contribution in [0.3, 0.4) is 0 Å². The zero-order valence-corrected chi connectivity index (χ0v) is 12.0. The molecule has 3 heteroatoms. The zero-order valence-electron chi connectivity index (χ0n) is 9.55. The number of rotatable bonds is 2. The Kier molecular flexibility index (Phi) is 3.75. The van der Waals surface area contributed by atoms with Gasteiger partial charge in [0.25, 0.3) is 0 Å². The van der Waals surface area contributed by atoms with Gasteiger partial charge in [0.1, 0.15) is 0 Å². The first-order valence-corrected chi connectivity index (χ1v) is 7.44. The van der Waals surface area contributed by atoms with Gasteiger partial charge in [-0.1, -0.05) is 15.9 Å². The summed E-state index contributed by atoms with van der Waals surface area (Å²) >= 11 is 5.26. The van der Waals surface area contributed by atoms with Crippen LogP contribution in [0.5, 0.6) is 0 Å². The second-order valence-electron chi connectivity index (χ2n) is 4.21. The molecule has 0 amide bonds. The lowest BCUT2D eigenvalue weighted by Crippen LogP contribution is -2.12. The first-order valence-electron chi connectivity index (χ1n) is 5.54. The number of hydrogen-bond acceptors (Lipinski definition) is 2. The molecule has 1 heterocycles. The smallest absolute Gasteiger partial charge is 0.176 e. The SMILES string of the molecule is Cc1cc(C(=O)C(C)Br)cc2c1SCCC2. The van der Waals surface area contributed by atoms with E-state index < -0.39 is 0 Å². The molecule has 86 valence electrons. The van der Waals surface area contributed by atoms with Crippen LogP contribution in [0.4, 0.5) is 0 Å². The predicted octanol–water partition coefficient (Wildman–Crippen LogP) is 4.00. The minimum atomic E-state index is -0.0961. The number of aryl methyl sites for hydroxylation is 2. The number of hydrogen-bond donors (Lipinski definition) is 0. The second kappa shape index (κ2) is 4.92. The number of alkyl halides is 1. The summed E-state index contributed by atoms with van der Waals surface area (Å²) in [6.07, 6.45) is 2.33. The van der Waals surface area contributed by atoms with E-state index in [1.54, 1.807) is 0 Å². The van der Waals surface area contributed by atoms with E-state index in [1.807, 2.05) is 24.8 Å². The van der Waals surface area contributed by atoms with Crippen LogP contribution >= 0.6 is 27.7 Å². The van der Waals surface area contributed by atoms with Gasteiger partial charge < -0.3 is 0 Å². The van der Waals surface area contributed by atoms with E-state index in [9.17, 15) is 4.79 Å². The van der Waals surface area contributed by atoms with Crippen molar-refractivity contribution in [3.8, 4) is 0 Å². The fourth-order valence-electron chi connectivity index (χ4n) is 2.05. The van der Waals surface area contributed by atoms with Gasteiger partial charge in [0.15, 0.2) is 5.78 Å². The highest BCUT2D eigenvalue weighted by atomic mass is 79.9. The Bertz CT molecular complexity index is 426. The third-order valence-electron chi connectivity index (χ3n) is 2.83. The van der Waals surface area contributed by atoms with Crippen LogP contribution in [0, 0.1) is 6.92 Å². The molecule has 0 saturated carbocycles. The lowest BCUT2D eigenvalue weighted by molar-refractivity contribution is 0.0995. The van der Waals surface area contributed by atoms with E-state index in [2.05, 4.69) is 28.9 Å². The van der Waals surface area contributed by atoms with Gasteiger partial charge in [0.2, 0.25) is 0 Å². The highest BCUT2D eigenvalue weighted by molar-refractivity contribution is 9.10. The van der Waals surface area contributed by atoms with Gasteiger partial charge in [0, 0.05) is 10.5 Å². The molecule has 1 nitrogen and oxygen atoms in total. The number of fused-ring (bicyclic) bond motifs is 1. The van der Waals surface area contributed by atoms with Gasteiger partial charge in [-0.15, -0.1) is 11.8 Å². The van der Waals surface area contributed by atoms with Crippen LogP contribution in [0.25, 0.3) is 0 Å². The maximum Gasteiger partial charge on any atom is 0.176 e. The molecule has 2 rings (SSSR count). The maximum atomic E-state index is 11.9. The predicted molar refractivity (Wildman–Crippen MR) is 72.9 cm³/mol. The molecule has 1 atom stereocenters. The quantitative estimate of drug-likeness (QED) is 0.606. The van der Waals surface area contributed by atoms with E-state index in [1.165, 1.54) is 28.2 Å². The lowest BCUT2D eigenvalue weighted by atomic mass is 9.99. The van der Waals surface area contributed by atoms with Crippen molar-refractivity contribution in [2.24, 2.45) is 0 Å². The molecule has 0 N–H and O–H groups in total. The summed E-state index contributed by atoms with van der Waals surface area (Å²) in [5.74, 6) is 1.39. The number of carbonyl (C=O) groups is 1. The highest BCUT2D eigenvalue weighted by Gasteiger charge is 2.18. The Morgan fingerprint density at radius 3 is 2.94 bits per heavy atom. The van der Waals surface area contributed by atoms with Crippen LogP contribution in [-0.4, -0.2) is 16.4 Å². The molecule has 16 heavy (non-hydrogen) atoms. The van der Waals surface area contributed by atoms with E-state index in [0.29, 0.717) is 0 Å². The van der Waals surface area contributed by atoms with E-state index in [4.69, 9.17) is 0 Å². The van der Waals surface area contributed by atoms with Crippen LogP contribution < -0.4 is 0 Å².